The number of para-hydroxylation sites is 2. The maximum absolute atomic E-state index is 5.95. The molecule has 3 nitrogen and oxygen atoms in total. The van der Waals surface area contributed by atoms with E-state index in [1.807, 2.05) is 0 Å². The molecule has 0 fully saturated rings. The quantitative estimate of drug-likeness (QED) is 0.338. The van der Waals surface area contributed by atoms with Gasteiger partial charge in [0.15, 0.2) is 17.8 Å². The van der Waals surface area contributed by atoms with Crippen LogP contribution in [0.1, 0.15) is 51.0 Å². The van der Waals surface area contributed by atoms with Crippen LogP contribution in [0.4, 0.5) is 0 Å². The number of ether oxygens (including phenoxy) is 1. The van der Waals surface area contributed by atoms with E-state index in [2.05, 4.69) is 77.0 Å². The Hall–Kier alpha value is -2.13. The van der Waals surface area contributed by atoms with Gasteiger partial charge in [0.25, 0.3) is 0 Å². The second kappa shape index (κ2) is 10.1. The molecule has 3 heteroatoms. The summed E-state index contributed by atoms with van der Waals surface area (Å²) in [6.07, 6.45) is 9.98. The summed E-state index contributed by atoms with van der Waals surface area (Å²) in [6.45, 7) is 4.61. The van der Waals surface area contributed by atoms with Crippen molar-refractivity contribution in [3.8, 4) is 0 Å². The number of hydrogen-bond donors (Lipinski definition) is 0. The third-order valence-corrected chi connectivity index (χ3v) is 4.85. The van der Waals surface area contributed by atoms with E-state index in [0.29, 0.717) is 6.73 Å². The molecule has 0 aliphatic heterocycles. The maximum Gasteiger partial charge on any atom is 0.246 e. The minimum Gasteiger partial charge on any atom is -0.342 e. The van der Waals surface area contributed by atoms with Crippen molar-refractivity contribution in [1.29, 1.82) is 0 Å². The Balaban J connectivity index is 1.57. The first-order valence-electron chi connectivity index (χ1n) is 9.97. The van der Waals surface area contributed by atoms with Crippen molar-refractivity contribution in [3.05, 3.63) is 66.5 Å². The van der Waals surface area contributed by atoms with E-state index in [1.54, 1.807) is 0 Å². The van der Waals surface area contributed by atoms with Crippen molar-refractivity contribution in [2.45, 2.75) is 58.7 Å². The van der Waals surface area contributed by atoms with Gasteiger partial charge in [-0.2, -0.15) is 0 Å². The van der Waals surface area contributed by atoms with Crippen molar-refractivity contribution in [1.82, 2.24) is 4.57 Å². The van der Waals surface area contributed by atoms with Crippen molar-refractivity contribution < 1.29 is 9.30 Å². The van der Waals surface area contributed by atoms with Gasteiger partial charge in [-0.25, -0.2) is 9.13 Å². The van der Waals surface area contributed by atoms with Gasteiger partial charge in [-0.3, -0.25) is 0 Å². The fourth-order valence-corrected chi connectivity index (χ4v) is 3.40. The van der Waals surface area contributed by atoms with E-state index in [9.17, 15) is 0 Å². The fraction of sp³-hybridized carbons (Fsp3) is 0.435. The summed E-state index contributed by atoms with van der Waals surface area (Å²) in [7, 11) is 0. The Morgan fingerprint density at radius 1 is 0.846 bits per heavy atom. The van der Waals surface area contributed by atoms with E-state index in [4.69, 9.17) is 4.74 Å². The zero-order valence-corrected chi connectivity index (χ0v) is 15.9. The molecule has 26 heavy (non-hydrogen) atoms. The van der Waals surface area contributed by atoms with Gasteiger partial charge in [-0.15, -0.1) is 0 Å². The van der Waals surface area contributed by atoms with Gasteiger partial charge in [-0.05, 0) is 24.1 Å². The highest BCUT2D eigenvalue weighted by molar-refractivity contribution is 5.71. The molecule has 0 amide bonds. The summed E-state index contributed by atoms with van der Waals surface area (Å²) >= 11 is 0. The van der Waals surface area contributed by atoms with Gasteiger partial charge >= 0.3 is 0 Å². The molecule has 3 aromatic rings. The summed E-state index contributed by atoms with van der Waals surface area (Å²) in [6, 6.07) is 19.2. The SMILES string of the molecule is CCCCCCCCOCn1c[n+](Cc2ccccc2)c2ccccc21. The molecular weight excluding hydrogens is 320 g/mol. The van der Waals surface area contributed by atoms with Crippen LogP contribution in [0.5, 0.6) is 0 Å². The zero-order valence-electron chi connectivity index (χ0n) is 15.9. The topological polar surface area (TPSA) is 18.0 Å². The van der Waals surface area contributed by atoms with Crippen LogP contribution in [-0.2, 0) is 18.0 Å². The average Bonchev–Trinajstić information content (AvgIpc) is 3.02. The molecule has 0 aliphatic rings. The monoisotopic (exact) mass is 351 g/mol. The third-order valence-electron chi connectivity index (χ3n) is 4.85. The summed E-state index contributed by atoms with van der Waals surface area (Å²) in [4.78, 5) is 0. The Morgan fingerprint density at radius 2 is 1.58 bits per heavy atom. The van der Waals surface area contributed by atoms with Crippen LogP contribution in [0.15, 0.2) is 60.9 Å². The van der Waals surface area contributed by atoms with E-state index in [0.717, 1.165) is 19.6 Å². The normalized spacial score (nSPS) is 11.3. The molecule has 0 radical (unpaired) electrons. The number of fused-ring (bicyclic) bond motifs is 1. The molecule has 0 saturated carbocycles. The molecular formula is C23H31N2O+. The standard InChI is InChI=1S/C23H31N2O/c1-2-3-4-5-6-12-17-26-20-25-19-24(18-21-13-8-7-9-14-21)22-15-10-11-16-23(22)25/h7-11,13-16,19H,2-6,12,17-18,20H2,1H3/q+1. The Morgan fingerprint density at radius 3 is 2.42 bits per heavy atom. The number of hydrogen-bond acceptors (Lipinski definition) is 1. The van der Waals surface area contributed by atoms with Gasteiger partial charge < -0.3 is 4.74 Å². The lowest BCUT2D eigenvalue weighted by atomic mass is 10.1. The average molecular weight is 352 g/mol. The molecule has 138 valence electrons. The van der Waals surface area contributed by atoms with Crippen LogP contribution in [0.3, 0.4) is 0 Å². The van der Waals surface area contributed by atoms with Crippen molar-refractivity contribution in [3.63, 3.8) is 0 Å². The summed E-state index contributed by atoms with van der Waals surface area (Å²) in [5, 5.41) is 0. The highest BCUT2D eigenvalue weighted by Gasteiger charge is 2.15. The maximum atomic E-state index is 5.95. The Kier molecular flexibility index (Phi) is 7.26. The molecule has 0 atom stereocenters. The summed E-state index contributed by atoms with van der Waals surface area (Å²) in [5.74, 6) is 0. The van der Waals surface area contributed by atoms with Crippen LogP contribution >= 0.6 is 0 Å². The minimum atomic E-state index is 0.622. The number of unbranched alkanes of at least 4 members (excludes halogenated alkanes) is 5. The van der Waals surface area contributed by atoms with Crippen LogP contribution < -0.4 is 4.57 Å². The molecule has 1 heterocycles. The van der Waals surface area contributed by atoms with Gasteiger partial charge in [-0.1, -0.05) is 81.5 Å². The van der Waals surface area contributed by atoms with Crippen LogP contribution in [0, 0.1) is 0 Å². The Bertz CT molecular complexity index is 779. The molecule has 0 saturated heterocycles. The van der Waals surface area contributed by atoms with E-state index >= 15 is 0 Å². The smallest absolute Gasteiger partial charge is 0.246 e. The van der Waals surface area contributed by atoms with Crippen LogP contribution in [0.25, 0.3) is 11.0 Å². The lowest BCUT2D eigenvalue weighted by Crippen LogP contribution is -2.32. The van der Waals surface area contributed by atoms with Crippen molar-refractivity contribution >= 4 is 11.0 Å². The molecule has 2 aromatic carbocycles. The van der Waals surface area contributed by atoms with Gasteiger partial charge in [0.05, 0.1) is 6.61 Å². The van der Waals surface area contributed by atoms with Crippen molar-refractivity contribution in [2.24, 2.45) is 0 Å². The molecule has 0 unspecified atom stereocenters. The summed E-state index contributed by atoms with van der Waals surface area (Å²) in [5.41, 5.74) is 3.79. The van der Waals surface area contributed by atoms with Gasteiger partial charge in [0.1, 0.15) is 6.54 Å². The molecule has 1 aromatic heterocycles. The number of benzene rings is 2. The van der Waals surface area contributed by atoms with E-state index < -0.39 is 0 Å². The number of aromatic nitrogens is 2. The molecule has 0 bridgehead atoms. The first-order valence-corrected chi connectivity index (χ1v) is 9.97. The van der Waals surface area contributed by atoms with Crippen LogP contribution in [-0.4, -0.2) is 11.2 Å². The zero-order chi connectivity index (χ0) is 18.0. The third kappa shape index (κ3) is 5.18. The first-order chi connectivity index (χ1) is 12.9. The number of nitrogens with zero attached hydrogens (tertiary/aromatic N) is 2. The number of rotatable bonds is 11. The van der Waals surface area contributed by atoms with E-state index in [-0.39, 0.29) is 0 Å². The molecule has 0 spiro atoms. The summed E-state index contributed by atoms with van der Waals surface area (Å²) < 4.78 is 10.5. The van der Waals surface area contributed by atoms with E-state index in [1.165, 1.54) is 48.7 Å². The lowest BCUT2D eigenvalue weighted by Gasteiger charge is -2.02. The predicted molar refractivity (Wildman–Crippen MR) is 107 cm³/mol. The molecule has 0 aliphatic carbocycles. The minimum absolute atomic E-state index is 0.622. The highest BCUT2D eigenvalue weighted by atomic mass is 16.5. The first kappa shape index (κ1) is 18.7. The lowest BCUT2D eigenvalue weighted by molar-refractivity contribution is -0.663. The molecule has 3 rings (SSSR count). The largest absolute Gasteiger partial charge is 0.342 e. The van der Waals surface area contributed by atoms with Crippen LogP contribution in [0.2, 0.25) is 0 Å². The predicted octanol–water partition coefficient (Wildman–Crippen LogP) is 5.31. The van der Waals surface area contributed by atoms with Crippen molar-refractivity contribution in [2.75, 3.05) is 6.61 Å². The van der Waals surface area contributed by atoms with Gasteiger partial charge in [0.2, 0.25) is 6.33 Å². The highest BCUT2D eigenvalue weighted by Crippen LogP contribution is 2.12. The molecule has 0 N–H and O–H groups in total. The second-order valence-corrected chi connectivity index (χ2v) is 6.99. The second-order valence-electron chi connectivity index (χ2n) is 6.99. The fourth-order valence-electron chi connectivity index (χ4n) is 3.40. The number of imidazole rings is 1. The Labute approximate surface area is 157 Å². The van der Waals surface area contributed by atoms with Gasteiger partial charge in [0, 0.05) is 0 Å².